The molecule has 0 bridgehead atoms. The monoisotopic (exact) mass is 519 g/mol. The van der Waals surface area contributed by atoms with Crippen molar-refractivity contribution in [1.82, 2.24) is 10.2 Å². The zero-order valence-electron chi connectivity index (χ0n) is 23.1. The van der Waals surface area contributed by atoms with Crippen molar-refractivity contribution >= 4 is 23.9 Å². The largest absolute Gasteiger partial charge is 0.461 e. The first-order valence-electron chi connectivity index (χ1n) is 13.2. The zero-order valence-corrected chi connectivity index (χ0v) is 23.1. The number of nitrogens with one attached hydrogen (secondary N) is 1. The van der Waals surface area contributed by atoms with Crippen LogP contribution in [0.15, 0.2) is 30.3 Å². The maximum absolute atomic E-state index is 13.7. The van der Waals surface area contributed by atoms with Crippen molar-refractivity contribution in [3.63, 3.8) is 0 Å². The van der Waals surface area contributed by atoms with Gasteiger partial charge in [0.1, 0.15) is 18.2 Å². The highest BCUT2D eigenvalue weighted by molar-refractivity contribution is 5.86. The minimum Gasteiger partial charge on any atom is -0.461 e. The number of hydrogen-bond acceptors (Lipinski definition) is 6. The summed E-state index contributed by atoms with van der Waals surface area (Å²) in [5.41, 5.74) is 5.64. The van der Waals surface area contributed by atoms with E-state index in [1.807, 2.05) is 44.2 Å². The molecule has 9 nitrogen and oxygen atoms in total. The minimum atomic E-state index is -0.916. The average molecular weight is 520 g/mol. The SMILES string of the molecule is CCCC[C@@H](CC(N)=O)N(CCC)C(=O)[C@H](CCCC(=O)OCc1ccccc1)NC(=O)OC(C)(C)C. The summed E-state index contributed by atoms with van der Waals surface area (Å²) in [6.45, 7) is 9.80. The first kappa shape index (κ1) is 31.9. The summed E-state index contributed by atoms with van der Waals surface area (Å²) >= 11 is 0. The predicted octanol–water partition coefficient (Wildman–Crippen LogP) is 4.47. The van der Waals surface area contributed by atoms with E-state index in [1.165, 1.54) is 0 Å². The average Bonchev–Trinajstić information content (AvgIpc) is 2.82. The molecule has 1 rings (SSSR count). The lowest BCUT2D eigenvalue weighted by Gasteiger charge is -2.34. The highest BCUT2D eigenvalue weighted by Gasteiger charge is 2.32. The van der Waals surface area contributed by atoms with Gasteiger partial charge in [0.25, 0.3) is 0 Å². The Kier molecular flexibility index (Phi) is 14.3. The molecular weight excluding hydrogens is 474 g/mol. The predicted molar refractivity (Wildman–Crippen MR) is 142 cm³/mol. The van der Waals surface area contributed by atoms with Gasteiger partial charge in [-0.2, -0.15) is 0 Å². The van der Waals surface area contributed by atoms with E-state index in [-0.39, 0.29) is 43.8 Å². The number of amides is 3. The van der Waals surface area contributed by atoms with Crippen LogP contribution in [-0.4, -0.2) is 53.0 Å². The topological polar surface area (TPSA) is 128 Å². The summed E-state index contributed by atoms with van der Waals surface area (Å²) in [6, 6.07) is 8.10. The molecule has 208 valence electrons. The van der Waals surface area contributed by atoms with Crippen LogP contribution in [-0.2, 0) is 30.5 Å². The maximum Gasteiger partial charge on any atom is 0.408 e. The van der Waals surface area contributed by atoms with Gasteiger partial charge in [0, 0.05) is 25.4 Å². The van der Waals surface area contributed by atoms with E-state index in [0.29, 0.717) is 25.8 Å². The Bertz CT molecular complexity index is 853. The minimum absolute atomic E-state index is 0.0523. The molecule has 0 aliphatic rings. The van der Waals surface area contributed by atoms with Gasteiger partial charge in [0.05, 0.1) is 0 Å². The number of carbonyl (C=O) groups is 4. The van der Waals surface area contributed by atoms with E-state index in [4.69, 9.17) is 15.2 Å². The van der Waals surface area contributed by atoms with Crippen LogP contribution in [0.2, 0.25) is 0 Å². The summed E-state index contributed by atoms with van der Waals surface area (Å²) in [4.78, 5) is 51.9. The molecule has 0 aromatic heterocycles. The number of unbranched alkanes of at least 4 members (excludes halogenated alkanes) is 1. The van der Waals surface area contributed by atoms with Crippen molar-refractivity contribution in [3.05, 3.63) is 35.9 Å². The fourth-order valence-corrected chi connectivity index (χ4v) is 3.92. The van der Waals surface area contributed by atoms with Gasteiger partial charge in [0.15, 0.2) is 0 Å². The molecule has 0 saturated carbocycles. The zero-order chi connectivity index (χ0) is 27.8. The number of rotatable bonds is 16. The summed E-state index contributed by atoms with van der Waals surface area (Å²) in [5, 5.41) is 2.69. The first-order chi connectivity index (χ1) is 17.5. The van der Waals surface area contributed by atoms with E-state index >= 15 is 0 Å². The highest BCUT2D eigenvalue weighted by atomic mass is 16.6. The highest BCUT2D eigenvalue weighted by Crippen LogP contribution is 2.18. The fraction of sp³-hybridized carbons (Fsp3) is 0.643. The Morgan fingerprint density at radius 3 is 2.24 bits per heavy atom. The van der Waals surface area contributed by atoms with E-state index in [1.54, 1.807) is 25.7 Å². The van der Waals surface area contributed by atoms with Crippen molar-refractivity contribution in [2.45, 2.75) is 110 Å². The molecule has 0 unspecified atom stereocenters. The van der Waals surface area contributed by atoms with Crippen LogP contribution in [0.4, 0.5) is 4.79 Å². The normalized spacial score (nSPS) is 12.8. The molecule has 3 N–H and O–H groups in total. The van der Waals surface area contributed by atoms with Crippen molar-refractivity contribution < 1.29 is 28.7 Å². The Balaban J connectivity index is 2.94. The third-order valence-electron chi connectivity index (χ3n) is 5.62. The van der Waals surface area contributed by atoms with Gasteiger partial charge in [-0.15, -0.1) is 0 Å². The molecule has 0 saturated heterocycles. The third kappa shape index (κ3) is 13.7. The lowest BCUT2D eigenvalue weighted by molar-refractivity contribution is -0.145. The van der Waals surface area contributed by atoms with Gasteiger partial charge in [-0.1, -0.05) is 57.0 Å². The first-order valence-corrected chi connectivity index (χ1v) is 13.2. The van der Waals surface area contributed by atoms with E-state index in [0.717, 1.165) is 18.4 Å². The van der Waals surface area contributed by atoms with Crippen LogP contribution in [0.1, 0.15) is 91.5 Å². The molecule has 2 atom stereocenters. The number of nitrogens with zero attached hydrogens (tertiary/aromatic N) is 1. The summed E-state index contributed by atoms with van der Waals surface area (Å²) in [5.74, 6) is -1.17. The summed E-state index contributed by atoms with van der Waals surface area (Å²) in [7, 11) is 0. The fourth-order valence-electron chi connectivity index (χ4n) is 3.92. The standard InChI is InChI=1S/C28H45N3O6/c1-6-8-15-22(19-24(29)32)31(18-7-2)26(34)23(30-27(35)37-28(3,4)5)16-12-17-25(33)36-20-21-13-10-9-11-14-21/h9-11,13-14,22-23H,6-8,12,15-20H2,1-5H3,(H2,29,32)(H,30,35)/t22-,23-/m0/s1. The number of ether oxygens (including phenoxy) is 2. The number of primary amides is 1. The third-order valence-corrected chi connectivity index (χ3v) is 5.62. The second-order valence-electron chi connectivity index (χ2n) is 10.2. The lowest BCUT2D eigenvalue weighted by atomic mass is 10.0. The Morgan fingerprint density at radius 2 is 1.68 bits per heavy atom. The summed E-state index contributed by atoms with van der Waals surface area (Å²) in [6.07, 6.45) is 3.04. The number of esters is 1. The second-order valence-corrected chi connectivity index (χ2v) is 10.2. The van der Waals surface area contributed by atoms with Gasteiger partial charge in [-0.05, 0) is 52.0 Å². The van der Waals surface area contributed by atoms with Crippen LogP contribution < -0.4 is 11.1 Å². The number of nitrogens with two attached hydrogens (primary N) is 1. The number of carbonyl (C=O) groups excluding carboxylic acids is 4. The lowest BCUT2D eigenvalue weighted by Crippen LogP contribution is -2.53. The quantitative estimate of drug-likeness (QED) is 0.310. The van der Waals surface area contributed by atoms with Gasteiger partial charge in [-0.25, -0.2) is 4.79 Å². The van der Waals surface area contributed by atoms with Crippen molar-refractivity contribution in [2.75, 3.05) is 6.54 Å². The van der Waals surface area contributed by atoms with Gasteiger partial charge in [-0.3, -0.25) is 14.4 Å². The Labute approximate surface area is 221 Å². The Morgan fingerprint density at radius 1 is 1.00 bits per heavy atom. The molecular formula is C28H45N3O6. The molecule has 3 amide bonds. The smallest absolute Gasteiger partial charge is 0.408 e. The van der Waals surface area contributed by atoms with E-state index in [2.05, 4.69) is 5.32 Å². The Hall–Kier alpha value is -3.10. The van der Waals surface area contributed by atoms with E-state index < -0.39 is 23.6 Å². The molecule has 9 heteroatoms. The second kappa shape index (κ2) is 16.6. The van der Waals surface area contributed by atoms with Gasteiger partial charge >= 0.3 is 12.1 Å². The van der Waals surface area contributed by atoms with Gasteiger partial charge in [0.2, 0.25) is 11.8 Å². The van der Waals surface area contributed by atoms with Gasteiger partial charge < -0.3 is 25.4 Å². The molecule has 0 fully saturated rings. The molecule has 0 spiro atoms. The molecule has 0 aliphatic heterocycles. The van der Waals surface area contributed by atoms with Crippen LogP contribution in [0.3, 0.4) is 0 Å². The molecule has 0 radical (unpaired) electrons. The maximum atomic E-state index is 13.7. The number of alkyl carbamates (subject to hydrolysis) is 1. The molecule has 0 heterocycles. The summed E-state index contributed by atoms with van der Waals surface area (Å²) < 4.78 is 10.7. The van der Waals surface area contributed by atoms with Crippen molar-refractivity contribution in [2.24, 2.45) is 5.73 Å². The molecule has 1 aromatic rings. The van der Waals surface area contributed by atoms with Crippen molar-refractivity contribution in [3.8, 4) is 0 Å². The van der Waals surface area contributed by atoms with Crippen LogP contribution in [0.25, 0.3) is 0 Å². The van der Waals surface area contributed by atoms with E-state index in [9.17, 15) is 19.2 Å². The number of benzene rings is 1. The number of hydrogen-bond donors (Lipinski definition) is 2. The van der Waals surface area contributed by atoms with Crippen LogP contribution in [0, 0.1) is 0 Å². The molecule has 1 aromatic carbocycles. The van der Waals surface area contributed by atoms with Crippen molar-refractivity contribution in [1.29, 1.82) is 0 Å². The van der Waals surface area contributed by atoms with Crippen LogP contribution >= 0.6 is 0 Å². The van der Waals surface area contributed by atoms with Crippen LogP contribution in [0.5, 0.6) is 0 Å². The molecule has 0 aliphatic carbocycles. The molecule has 37 heavy (non-hydrogen) atoms.